The number of carbonyl (C=O) groups excluding carboxylic acids is 1. The maximum Gasteiger partial charge on any atom is 0.251 e. The number of nitrogens with one attached hydrogen (secondary N) is 2. The van der Waals surface area contributed by atoms with Gasteiger partial charge in [0.25, 0.3) is 5.91 Å². The van der Waals surface area contributed by atoms with Crippen molar-refractivity contribution in [3.8, 4) is 16.8 Å². The molecule has 0 saturated heterocycles. The second-order valence-corrected chi connectivity index (χ2v) is 8.98. The fourth-order valence-corrected chi connectivity index (χ4v) is 4.69. The van der Waals surface area contributed by atoms with Crippen LogP contribution >= 0.6 is 23.2 Å². The van der Waals surface area contributed by atoms with Crippen molar-refractivity contribution < 1.29 is 4.79 Å². The Hall–Kier alpha value is -3.80. The molecule has 0 aliphatic carbocycles. The summed E-state index contributed by atoms with van der Waals surface area (Å²) in [5.41, 5.74) is 6.17. The van der Waals surface area contributed by atoms with Crippen LogP contribution in [0.3, 0.4) is 0 Å². The van der Waals surface area contributed by atoms with Crippen LogP contribution in [0.15, 0.2) is 91.0 Å². The van der Waals surface area contributed by atoms with Crippen LogP contribution in [0.5, 0.6) is 0 Å². The summed E-state index contributed by atoms with van der Waals surface area (Å²) in [5.74, 6) is -0.175. The van der Waals surface area contributed by atoms with E-state index in [0.717, 1.165) is 33.4 Å². The molecule has 0 bridgehead atoms. The molecular formula is C28H22Cl2N4O. The minimum atomic E-state index is -0.175. The first-order chi connectivity index (χ1) is 17.0. The zero-order valence-corrected chi connectivity index (χ0v) is 20.4. The number of hydrogen-bond acceptors (Lipinski definition) is 2. The van der Waals surface area contributed by atoms with Crippen molar-refractivity contribution in [1.82, 2.24) is 14.5 Å². The molecule has 0 saturated carbocycles. The molecule has 0 fully saturated rings. The van der Waals surface area contributed by atoms with E-state index in [4.69, 9.17) is 28.6 Å². The number of hydrogen-bond donors (Lipinski definition) is 2. The Morgan fingerprint density at radius 2 is 1.57 bits per heavy atom. The molecule has 4 aromatic carbocycles. The van der Waals surface area contributed by atoms with E-state index in [0.29, 0.717) is 27.8 Å². The van der Waals surface area contributed by atoms with Crippen LogP contribution in [0.1, 0.15) is 15.9 Å². The van der Waals surface area contributed by atoms with Gasteiger partial charge in [-0.1, -0.05) is 65.7 Å². The summed E-state index contributed by atoms with van der Waals surface area (Å²) in [6.45, 7) is 0.488. The van der Waals surface area contributed by atoms with Gasteiger partial charge in [-0.2, -0.15) is 0 Å². The second-order valence-electron chi connectivity index (χ2n) is 8.14. The monoisotopic (exact) mass is 500 g/mol. The van der Waals surface area contributed by atoms with Gasteiger partial charge in [-0.3, -0.25) is 14.8 Å². The summed E-state index contributed by atoms with van der Waals surface area (Å²) in [5, 5.41) is 12.9. The van der Waals surface area contributed by atoms with Crippen LogP contribution in [0.25, 0.3) is 27.8 Å². The molecule has 0 radical (unpaired) electrons. The Kier molecular flexibility index (Phi) is 6.20. The third-order valence-corrected chi connectivity index (χ3v) is 6.66. The smallest absolute Gasteiger partial charge is 0.251 e. The number of imidazole rings is 1. The zero-order valence-electron chi connectivity index (χ0n) is 18.9. The number of fused-ring (bicyclic) bond motifs is 1. The highest BCUT2D eigenvalue weighted by Crippen LogP contribution is 2.29. The molecule has 0 unspecified atom stereocenters. The minimum Gasteiger partial charge on any atom is -0.355 e. The predicted molar refractivity (Wildman–Crippen MR) is 142 cm³/mol. The van der Waals surface area contributed by atoms with Crippen molar-refractivity contribution in [3.05, 3.63) is 118 Å². The van der Waals surface area contributed by atoms with Gasteiger partial charge in [0, 0.05) is 28.3 Å². The molecule has 5 rings (SSSR count). The Bertz CT molecular complexity index is 1620. The highest BCUT2D eigenvalue weighted by Gasteiger charge is 2.15. The molecule has 5 nitrogen and oxygen atoms in total. The lowest BCUT2D eigenvalue weighted by atomic mass is 9.99. The fourth-order valence-electron chi connectivity index (χ4n) is 4.33. The molecule has 1 heterocycles. The number of benzene rings is 4. The average molecular weight is 501 g/mol. The van der Waals surface area contributed by atoms with Crippen LogP contribution in [-0.2, 0) is 6.54 Å². The maximum absolute atomic E-state index is 12.4. The summed E-state index contributed by atoms with van der Waals surface area (Å²) in [7, 11) is 1.61. The van der Waals surface area contributed by atoms with E-state index < -0.39 is 0 Å². The number of halogens is 2. The summed E-state index contributed by atoms with van der Waals surface area (Å²) in [6.07, 6.45) is 0. The number of nitrogens with zero attached hydrogens (tertiary/aromatic N) is 2. The predicted octanol–water partition coefficient (Wildman–Crippen LogP) is 6.29. The Balaban J connectivity index is 1.61. The van der Waals surface area contributed by atoms with E-state index >= 15 is 0 Å². The van der Waals surface area contributed by atoms with E-state index in [1.807, 2.05) is 81.9 Å². The third-order valence-electron chi connectivity index (χ3n) is 6.06. The van der Waals surface area contributed by atoms with Crippen LogP contribution in [0.4, 0.5) is 0 Å². The van der Waals surface area contributed by atoms with E-state index in [9.17, 15) is 4.79 Å². The summed E-state index contributed by atoms with van der Waals surface area (Å²) in [4.78, 5) is 12.4. The van der Waals surface area contributed by atoms with E-state index in [1.165, 1.54) is 0 Å². The number of para-hydroxylation sites is 2. The van der Waals surface area contributed by atoms with Gasteiger partial charge in [0.1, 0.15) is 0 Å². The average Bonchev–Trinajstić information content (AvgIpc) is 3.16. The maximum atomic E-state index is 12.4. The summed E-state index contributed by atoms with van der Waals surface area (Å²) in [6, 6.07) is 28.7. The molecule has 174 valence electrons. The number of carbonyl (C=O) groups is 1. The van der Waals surface area contributed by atoms with Gasteiger partial charge in [0.05, 0.1) is 17.6 Å². The largest absolute Gasteiger partial charge is 0.355 e. The molecule has 5 aromatic rings. The Labute approximate surface area is 212 Å². The molecule has 2 N–H and O–H groups in total. The van der Waals surface area contributed by atoms with Gasteiger partial charge >= 0.3 is 0 Å². The van der Waals surface area contributed by atoms with Crippen LogP contribution in [0, 0.1) is 5.41 Å². The highest BCUT2D eigenvalue weighted by atomic mass is 35.5. The fraction of sp³-hybridized carbons (Fsp3) is 0.0714. The standard InChI is InChI=1S/C28H22Cl2N4O/c1-32-27(35)22-15-12-20(29)16-23(22)18-10-13-21(14-11-18)34-26-9-5-4-8-25(26)33(28(34)31)17-19-6-2-3-7-24(19)30/h2-16,31H,17H2,1H3,(H,32,35). The lowest BCUT2D eigenvalue weighted by Gasteiger charge is -2.11. The SMILES string of the molecule is CNC(=O)c1ccc(Cl)cc1-c1ccc(-n2c(=N)n(Cc3ccccc3Cl)c3ccccc32)cc1. The molecule has 0 aliphatic heterocycles. The van der Waals surface area contributed by atoms with Gasteiger partial charge in [0.2, 0.25) is 5.62 Å². The normalized spacial score (nSPS) is 11.1. The summed E-state index contributed by atoms with van der Waals surface area (Å²) < 4.78 is 3.86. The van der Waals surface area contributed by atoms with Crippen molar-refractivity contribution in [2.24, 2.45) is 0 Å². The van der Waals surface area contributed by atoms with Crippen LogP contribution in [-0.4, -0.2) is 22.1 Å². The van der Waals surface area contributed by atoms with Crippen molar-refractivity contribution in [2.75, 3.05) is 7.05 Å². The Morgan fingerprint density at radius 3 is 2.29 bits per heavy atom. The first-order valence-corrected chi connectivity index (χ1v) is 11.8. The minimum absolute atomic E-state index is 0.175. The van der Waals surface area contributed by atoms with Crippen molar-refractivity contribution in [2.45, 2.75) is 6.54 Å². The van der Waals surface area contributed by atoms with Crippen LogP contribution in [0.2, 0.25) is 10.0 Å². The lowest BCUT2D eigenvalue weighted by Crippen LogP contribution is -2.24. The molecular weight excluding hydrogens is 479 g/mol. The molecule has 0 aliphatic rings. The van der Waals surface area contributed by atoms with Gasteiger partial charge in [-0.15, -0.1) is 0 Å². The third kappa shape index (κ3) is 4.25. The van der Waals surface area contributed by atoms with Gasteiger partial charge in [0.15, 0.2) is 0 Å². The first-order valence-electron chi connectivity index (χ1n) is 11.1. The van der Waals surface area contributed by atoms with Gasteiger partial charge < -0.3 is 9.88 Å². The Morgan fingerprint density at radius 1 is 0.886 bits per heavy atom. The van der Waals surface area contributed by atoms with Gasteiger partial charge in [-0.25, -0.2) is 0 Å². The van der Waals surface area contributed by atoms with E-state index in [1.54, 1.807) is 25.2 Å². The topological polar surface area (TPSA) is 62.8 Å². The van der Waals surface area contributed by atoms with E-state index in [-0.39, 0.29) is 5.91 Å². The van der Waals surface area contributed by atoms with Gasteiger partial charge in [-0.05, 0) is 65.2 Å². The molecule has 7 heteroatoms. The highest BCUT2D eigenvalue weighted by molar-refractivity contribution is 6.31. The second kappa shape index (κ2) is 9.45. The summed E-state index contributed by atoms with van der Waals surface area (Å²) >= 11 is 12.6. The van der Waals surface area contributed by atoms with E-state index in [2.05, 4.69) is 5.32 Å². The lowest BCUT2D eigenvalue weighted by molar-refractivity contribution is 0.0963. The molecule has 0 atom stereocenters. The van der Waals surface area contributed by atoms with Crippen molar-refractivity contribution >= 4 is 40.1 Å². The number of rotatable bonds is 5. The number of amides is 1. The molecule has 1 aromatic heterocycles. The van der Waals surface area contributed by atoms with Crippen molar-refractivity contribution in [3.63, 3.8) is 0 Å². The molecule has 35 heavy (non-hydrogen) atoms. The zero-order chi connectivity index (χ0) is 24.5. The van der Waals surface area contributed by atoms with Crippen LogP contribution < -0.4 is 10.9 Å². The molecule has 0 spiro atoms. The molecule has 1 amide bonds. The number of aromatic nitrogens is 2. The first kappa shape index (κ1) is 23.0. The quantitative estimate of drug-likeness (QED) is 0.292. The van der Waals surface area contributed by atoms with Crippen molar-refractivity contribution in [1.29, 1.82) is 5.41 Å².